The Labute approximate surface area is 131 Å². The van der Waals surface area contributed by atoms with Crippen LogP contribution in [0.5, 0.6) is 0 Å². The van der Waals surface area contributed by atoms with Crippen LogP contribution in [0, 0.1) is 5.82 Å². The van der Waals surface area contributed by atoms with Crippen molar-refractivity contribution in [3.63, 3.8) is 0 Å². The van der Waals surface area contributed by atoms with E-state index in [1.54, 1.807) is 12.1 Å². The minimum atomic E-state index is -1.20. The Balaban J connectivity index is 1.83. The van der Waals surface area contributed by atoms with Crippen LogP contribution in [0.2, 0.25) is 0 Å². The molecule has 2 aromatic rings. The Kier molecular flexibility index (Phi) is 3.97. The fourth-order valence-corrected chi connectivity index (χ4v) is 2.64. The number of ether oxygens (including phenoxy) is 1. The van der Waals surface area contributed by atoms with Crippen molar-refractivity contribution in [1.82, 2.24) is 0 Å². The van der Waals surface area contributed by atoms with Crippen LogP contribution in [0.3, 0.4) is 0 Å². The lowest BCUT2D eigenvalue weighted by Gasteiger charge is -2.22. The molecule has 0 aromatic heterocycles. The highest BCUT2D eigenvalue weighted by molar-refractivity contribution is 5.98. The number of fused-ring (bicyclic) bond motifs is 1. The van der Waals surface area contributed by atoms with E-state index >= 15 is 0 Å². The molecule has 1 aliphatic rings. The number of benzene rings is 2. The lowest BCUT2D eigenvalue weighted by Crippen LogP contribution is -2.43. The molecule has 118 valence electrons. The first-order valence-electron chi connectivity index (χ1n) is 7.08. The number of rotatable bonds is 3. The van der Waals surface area contributed by atoms with Gasteiger partial charge in [0.1, 0.15) is 18.5 Å². The summed E-state index contributed by atoms with van der Waals surface area (Å²) >= 11 is 0. The van der Waals surface area contributed by atoms with Crippen molar-refractivity contribution >= 4 is 17.7 Å². The topological polar surface area (TPSA) is 66.8 Å². The molecule has 0 unspecified atom stereocenters. The first-order valence-corrected chi connectivity index (χ1v) is 7.08. The van der Waals surface area contributed by atoms with E-state index in [1.807, 2.05) is 18.2 Å². The third-order valence-corrected chi connectivity index (χ3v) is 3.75. The number of nitrogens with zero attached hydrogens (tertiary/aromatic N) is 1. The van der Waals surface area contributed by atoms with Gasteiger partial charge < -0.3 is 9.84 Å². The van der Waals surface area contributed by atoms with Crippen molar-refractivity contribution in [2.24, 2.45) is 0 Å². The highest BCUT2D eigenvalue weighted by Gasteiger charge is 2.40. The summed E-state index contributed by atoms with van der Waals surface area (Å²) in [7, 11) is 0. The van der Waals surface area contributed by atoms with Crippen LogP contribution in [0.25, 0.3) is 0 Å². The summed E-state index contributed by atoms with van der Waals surface area (Å²) in [5, 5.41) is 9.31. The maximum absolute atomic E-state index is 13.8. The van der Waals surface area contributed by atoms with E-state index in [2.05, 4.69) is 0 Å². The number of carboxylic acid groups (broad SMARTS) is 1. The predicted octanol–water partition coefficient (Wildman–Crippen LogP) is 2.98. The molecule has 6 heteroatoms. The summed E-state index contributed by atoms with van der Waals surface area (Å²) in [5.41, 5.74) is 1.25. The summed E-state index contributed by atoms with van der Waals surface area (Å²) in [6, 6.07) is 12.1. The maximum atomic E-state index is 13.8. The largest absolute Gasteiger partial charge is 0.480 e. The number of carbonyl (C=O) groups excluding carboxylic acids is 1. The van der Waals surface area contributed by atoms with Crippen molar-refractivity contribution in [3.05, 3.63) is 65.5 Å². The van der Waals surface area contributed by atoms with E-state index in [9.17, 15) is 19.1 Å². The van der Waals surface area contributed by atoms with E-state index in [-0.39, 0.29) is 24.3 Å². The first kappa shape index (κ1) is 15.0. The molecule has 0 saturated carbocycles. The molecular weight excluding hydrogens is 301 g/mol. The quantitative estimate of drug-likeness (QED) is 0.945. The van der Waals surface area contributed by atoms with Crippen LogP contribution in [0.4, 0.5) is 14.9 Å². The van der Waals surface area contributed by atoms with E-state index in [0.717, 1.165) is 10.5 Å². The smallest absolute Gasteiger partial charge is 0.415 e. The van der Waals surface area contributed by atoms with Crippen LogP contribution in [0.15, 0.2) is 48.5 Å². The average molecular weight is 315 g/mol. The highest BCUT2D eigenvalue weighted by atomic mass is 19.1. The molecule has 3 rings (SSSR count). The molecule has 1 atom stereocenters. The summed E-state index contributed by atoms with van der Waals surface area (Å²) in [5.74, 6) is -1.72. The van der Waals surface area contributed by atoms with Gasteiger partial charge in [-0.15, -0.1) is 0 Å². The number of carbonyl (C=O) groups is 2. The molecule has 1 aliphatic heterocycles. The number of hydrogen-bond donors (Lipinski definition) is 1. The van der Waals surface area contributed by atoms with Crippen LogP contribution < -0.4 is 4.90 Å². The van der Waals surface area contributed by atoms with Crippen molar-refractivity contribution in [3.8, 4) is 0 Å². The van der Waals surface area contributed by atoms with Crippen LogP contribution in [-0.2, 0) is 22.6 Å². The van der Waals surface area contributed by atoms with Crippen molar-refractivity contribution < 1.29 is 23.8 Å². The third kappa shape index (κ3) is 2.88. The average Bonchev–Trinajstić information content (AvgIpc) is 2.95. The zero-order valence-corrected chi connectivity index (χ0v) is 12.1. The number of anilines is 1. The molecule has 1 heterocycles. The Bertz CT molecular complexity index is 748. The molecule has 5 nitrogen and oxygen atoms in total. The minimum absolute atomic E-state index is 0.0210. The molecular formula is C17H14FNO4. The molecule has 0 aliphatic carbocycles. The van der Waals surface area contributed by atoms with Gasteiger partial charge in [-0.2, -0.15) is 0 Å². The molecule has 0 fully saturated rings. The second-order valence-corrected chi connectivity index (χ2v) is 5.21. The van der Waals surface area contributed by atoms with Crippen LogP contribution in [-0.4, -0.2) is 23.2 Å². The maximum Gasteiger partial charge on any atom is 0.415 e. The predicted molar refractivity (Wildman–Crippen MR) is 80.6 cm³/mol. The zero-order valence-electron chi connectivity index (χ0n) is 12.1. The van der Waals surface area contributed by atoms with Crippen molar-refractivity contribution in [1.29, 1.82) is 0 Å². The van der Waals surface area contributed by atoms with Gasteiger partial charge in [-0.3, -0.25) is 4.90 Å². The Hall–Kier alpha value is -2.89. The number of hydrogen-bond acceptors (Lipinski definition) is 3. The minimum Gasteiger partial charge on any atom is -0.480 e. The summed E-state index contributed by atoms with van der Waals surface area (Å²) in [4.78, 5) is 24.7. The normalized spacial score (nSPS) is 16.0. The number of carboxylic acids is 1. The lowest BCUT2D eigenvalue weighted by atomic mass is 10.1. The van der Waals surface area contributed by atoms with Gasteiger partial charge in [0, 0.05) is 12.0 Å². The second-order valence-electron chi connectivity index (χ2n) is 5.21. The number of amides is 1. The molecule has 0 bridgehead atoms. The Morgan fingerprint density at radius 2 is 1.91 bits per heavy atom. The van der Waals surface area contributed by atoms with Gasteiger partial charge in [0.15, 0.2) is 0 Å². The Morgan fingerprint density at radius 1 is 1.17 bits per heavy atom. The summed E-state index contributed by atoms with van der Waals surface area (Å²) in [6.45, 7) is 0.0210. The van der Waals surface area contributed by atoms with Gasteiger partial charge in [-0.05, 0) is 17.7 Å². The van der Waals surface area contributed by atoms with Crippen LogP contribution in [0.1, 0.15) is 11.1 Å². The van der Waals surface area contributed by atoms with Crippen molar-refractivity contribution in [2.75, 3.05) is 4.90 Å². The van der Waals surface area contributed by atoms with E-state index in [0.29, 0.717) is 0 Å². The zero-order chi connectivity index (χ0) is 16.4. The SMILES string of the molecule is O=C(O)[C@@H]1Cc2c(F)cccc2N1C(=O)OCc1ccccc1. The molecule has 0 radical (unpaired) electrons. The third-order valence-electron chi connectivity index (χ3n) is 3.75. The van der Waals surface area contributed by atoms with E-state index in [4.69, 9.17) is 4.74 Å². The fraction of sp³-hybridized carbons (Fsp3) is 0.176. The van der Waals surface area contributed by atoms with E-state index < -0.39 is 23.9 Å². The monoisotopic (exact) mass is 315 g/mol. The van der Waals surface area contributed by atoms with Crippen molar-refractivity contribution in [2.45, 2.75) is 19.1 Å². The van der Waals surface area contributed by atoms with Gasteiger partial charge in [0.25, 0.3) is 0 Å². The lowest BCUT2D eigenvalue weighted by molar-refractivity contribution is -0.138. The van der Waals surface area contributed by atoms with Gasteiger partial charge in [-0.25, -0.2) is 14.0 Å². The van der Waals surface area contributed by atoms with Gasteiger partial charge >= 0.3 is 12.1 Å². The van der Waals surface area contributed by atoms with E-state index in [1.165, 1.54) is 18.2 Å². The van der Waals surface area contributed by atoms with Gasteiger partial charge in [-0.1, -0.05) is 36.4 Å². The molecule has 0 spiro atoms. The van der Waals surface area contributed by atoms with Gasteiger partial charge in [0.05, 0.1) is 5.69 Å². The standard InChI is InChI=1S/C17H14FNO4/c18-13-7-4-8-14-12(13)9-15(16(20)21)19(14)17(22)23-10-11-5-2-1-3-6-11/h1-8,15H,9-10H2,(H,20,21)/t15-/m0/s1. The Morgan fingerprint density at radius 3 is 2.61 bits per heavy atom. The first-order chi connectivity index (χ1) is 11.1. The molecule has 0 saturated heterocycles. The summed E-state index contributed by atoms with van der Waals surface area (Å²) in [6.07, 6.45) is -0.872. The highest BCUT2D eigenvalue weighted by Crippen LogP contribution is 2.34. The second kappa shape index (κ2) is 6.08. The molecule has 1 N–H and O–H groups in total. The molecule has 2 aromatic carbocycles. The fourth-order valence-electron chi connectivity index (χ4n) is 2.64. The number of aliphatic carboxylic acids is 1. The summed E-state index contributed by atoms with van der Waals surface area (Å²) < 4.78 is 19.0. The molecule has 1 amide bonds. The number of halogens is 1. The van der Waals surface area contributed by atoms with Gasteiger partial charge in [0.2, 0.25) is 0 Å². The van der Waals surface area contributed by atoms with Crippen LogP contribution >= 0.6 is 0 Å². The molecule has 23 heavy (non-hydrogen) atoms.